The van der Waals surface area contributed by atoms with Gasteiger partial charge in [-0.1, -0.05) is 60.7 Å². The first-order valence-corrected chi connectivity index (χ1v) is 13.1. The van der Waals surface area contributed by atoms with Crippen LogP contribution in [0.15, 0.2) is 79.1 Å². The molecule has 0 bridgehead atoms. The summed E-state index contributed by atoms with van der Waals surface area (Å²) in [6, 6.07) is 23.4. The van der Waals surface area contributed by atoms with Crippen molar-refractivity contribution in [2.75, 3.05) is 6.54 Å². The molecule has 0 aliphatic carbocycles. The van der Waals surface area contributed by atoms with Crippen molar-refractivity contribution in [3.05, 3.63) is 102 Å². The summed E-state index contributed by atoms with van der Waals surface area (Å²) < 4.78 is 2.27. The number of carbonyl (C=O) groups is 1. The molecule has 1 aliphatic rings. The van der Waals surface area contributed by atoms with E-state index in [0.29, 0.717) is 18.9 Å². The number of amides is 1. The Morgan fingerprint density at radius 2 is 1.78 bits per heavy atom. The van der Waals surface area contributed by atoms with E-state index in [2.05, 4.69) is 83.4 Å². The van der Waals surface area contributed by atoms with Crippen molar-refractivity contribution in [3.63, 3.8) is 0 Å². The number of para-hydroxylation sites is 1. The van der Waals surface area contributed by atoms with Crippen LogP contribution in [0.25, 0.3) is 33.3 Å². The van der Waals surface area contributed by atoms with Crippen LogP contribution in [0.3, 0.4) is 0 Å². The average molecular weight is 489 g/mol. The third-order valence-electron chi connectivity index (χ3n) is 7.72. The highest BCUT2D eigenvalue weighted by Crippen LogP contribution is 2.28. The summed E-state index contributed by atoms with van der Waals surface area (Å²) in [6.07, 6.45) is 6.48. The van der Waals surface area contributed by atoms with Gasteiger partial charge in [0.2, 0.25) is 5.91 Å². The molecule has 0 saturated heterocycles. The molecular weight excluding hydrogens is 456 g/mol. The van der Waals surface area contributed by atoms with Crippen molar-refractivity contribution < 1.29 is 4.79 Å². The zero-order chi connectivity index (χ0) is 25.4. The maximum atomic E-state index is 12.7. The maximum Gasteiger partial charge on any atom is 0.224 e. The molecule has 5 aromatic rings. The van der Waals surface area contributed by atoms with Crippen molar-refractivity contribution in [2.24, 2.45) is 5.92 Å². The van der Waals surface area contributed by atoms with Gasteiger partial charge < -0.3 is 14.9 Å². The fourth-order valence-corrected chi connectivity index (χ4v) is 5.35. The van der Waals surface area contributed by atoms with Gasteiger partial charge in [0.05, 0.1) is 12.1 Å². The Morgan fingerprint density at radius 3 is 2.62 bits per heavy atom. The molecule has 186 valence electrons. The number of hydrogen-bond acceptors (Lipinski definition) is 2. The Labute approximate surface area is 217 Å². The van der Waals surface area contributed by atoms with Crippen LogP contribution in [0.4, 0.5) is 0 Å². The third kappa shape index (κ3) is 4.82. The monoisotopic (exact) mass is 488 g/mol. The van der Waals surface area contributed by atoms with E-state index in [-0.39, 0.29) is 5.91 Å². The fourth-order valence-electron chi connectivity index (χ4n) is 5.35. The van der Waals surface area contributed by atoms with Gasteiger partial charge >= 0.3 is 0 Å². The Kier molecular flexibility index (Phi) is 6.13. The van der Waals surface area contributed by atoms with Crippen LogP contribution >= 0.6 is 0 Å². The molecule has 2 N–H and O–H groups in total. The lowest BCUT2D eigenvalue weighted by Crippen LogP contribution is -2.34. The van der Waals surface area contributed by atoms with Gasteiger partial charge in [-0.05, 0) is 60.1 Å². The zero-order valence-electron chi connectivity index (χ0n) is 21.4. The molecule has 5 heteroatoms. The third-order valence-corrected chi connectivity index (χ3v) is 7.72. The van der Waals surface area contributed by atoms with Crippen molar-refractivity contribution in [2.45, 2.75) is 39.7 Å². The first-order valence-electron chi connectivity index (χ1n) is 13.1. The van der Waals surface area contributed by atoms with Gasteiger partial charge in [-0.25, -0.2) is 4.98 Å². The number of aromatic nitrogens is 3. The van der Waals surface area contributed by atoms with Gasteiger partial charge in [-0.15, -0.1) is 0 Å². The molecule has 0 radical (unpaired) electrons. The Balaban J connectivity index is 1.08. The van der Waals surface area contributed by atoms with Gasteiger partial charge in [0, 0.05) is 48.4 Å². The van der Waals surface area contributed by atoms with Gasteiger partial charge in [0.25, 0.3) is 0 Å². The standard InChI is InChI=1S/C32H32N4O/c1-21-7-9-26(15-22(21)2)24-10-12-25(13-11-24)30-20-36-19-23(8-14-31(36)35-30)17-34-32(37)16-27-18-33-29-6-4-3-5-28(27)29/h3-7,9-13,15,18,20,23,33H,8,14,16-17,19H2,1-2H3,(H,34,37). The summed E-state index contributed by atoms with van der Waals surface area (Å²) in [6.45, 7) is 5.88. The Morgan fingerprint density at radius 1 is 1.00 bits per heavy atom. The van der Waals surface area contributed by atoms with Crippen molar-refractivity contribution in [1.29, 1.82) is 0 Å². The summed E-state index contributed by atoms with van der Waals surface area (Å²) in [4.78, 5) is 20.8. The number of nitrogens with zero attached hydrogens (tertiary/aromatic N) is 2. The van der Waals surface area contributed by atoms with E-state index >= 15 is 0 Å². The number of aryl methyl sites for hydroxylation is 3. The van der Waals surface area contributed by atoms with E-state index in [9.17, 15) is 4.79 Å². The summed E-state index contributed by atoms with van der Waals surface area (Å²) in [7, 11) is 0. The van der Waals surface area contributed by atoms with Crippen LogP contribution in [0.5, 0.6) is 0 Å². The molecule has 2 aromatic heterocycles. The second kappa shape index (κ2) is 9.74. The second-order valence-corrected chi connectivity index (χ2v) is 10.3. The fraction of sp³-hybridized carbons (Fsp3) is 0.250. The summed E-state index contributed by atoms with van der Waals surface area (Å²) in [5.74, 6) is 1.62. The van der Waals surface area contributed by atoms with E-state index in [4.69, 9.17) is 4.98 Å². The minimum Gasteiger partial charge on any atom is -0.361 e. The van der Waals surface area contributed by atoms with Crippen LogP contribution < -0.4 is 5.32 Å². The van der Waals surface area contributed by atoms with E-state index in [1.54, 1.807) is 0 Å². The molecule has 1 aliphatic heterocycles. The quantitative estimate of drug-likeness (QED) is 0.297. The van der Waals surface area contributed by atoms with Crippen LogP contribution in [0.1, 0.15) is 28.9 Å². The average Bonchev–Trinajstić information content (AvgIpc) is 3.53. The SMILES string of the molecule is Cc1ccc(-c2ccc(-c3cn4c(n3)CCC(CNC(=O)Cc3c[nH]c5ccccc35)C4)cc2)cc1C. The highest BCUT2D eigenvalue weighted by molar-refractivity contribution is 5.88. The molecule has 1 atom stereocenters. The summed E-state index contributed by atoms with van der Waals surface area (Å²) in [5.41, 5.74) is 9.36. The summed E-state index contributed by atoms with van der Waals surface area (Å²) >= 11 is 0. The van der Waals surface area contributed by atoms with Crippen molar-refractivity contribution in [1.82, 2.24) is 19.9 Å². The van der Waals surface area contributed by atoms with Gasteiger partial charge in [-0.2, -0.15) is 0 Å². The van der Waals surface area contributed by atoms with Crippen molar-refractivity contribution in [3.8, 4) is 22.4 Å². The molecule has 3 heterocycles. The molecule has 1 amide bonds. The molecule has 5 nitrogen and oxygen atoms in total. The number of nitrogens with one attached hydrogen (secondary N) is 2. The predicted octanol–water partition coefficient (Wildman–Crippen LogP) is 6.24. The molecule has 3 aromatic carbocycles. The van der Waals surface area contributed by atoms with E-state index in [1.807, 2.05) is 24.4 Å². The molecule has 6 rings (SSSR count). The number of hydrogen-bond donors (Lipinski definition) is 2. The molecule has 1 unspecified atom stereocenters. The number of rotatable bonds is 6. The number of carbonyl (C=O) groups excluding carboxylic acids is 1. The first-order chi connectivity index (χ1) is 18.0. The van der Waals surface area contributed by atoms with Gasteiger partial charge in [-0.3, -0.25) is 4.79 Å². The van der Waals surface area contributed by atoms with Crippen LogP contribution in [0, 0.1) is 19.8 Å². The predicted molar refractivity (Wildman–Crippen MR) is 149 cm³/mol. The van der Waals surface area contributed by atoms with E-state index in [1.165, 1.54) is 22.3 Å². The van der Waals surface area contributed by atoms with Crippen LogP contribution in [0.2, 0.25) is 0 Å². The second-order valence-electron chi connectivity index (χ2n) is 10.3. The number of aromatic amines is 1. The Hall–Kier alpha value is -4.12. The molecule has 37 heavy (non-hydrogen) atoms. The molecular formula is C32H32N4O. The highest BCUT2D eigenvalue weighted by atomic mass is 16.1. The first kappa shape index (κ1) is 23.3. The lowest BCUT2D eigenvalue weighted by Gasteiger charge is -2.23. The lowest BCUT2D eigenvalue weighted by molar-refractivity contribution is -0.120. The number of H-pyrrole nitrogens is 1. The Bertz CT molecular complexity index is 1570. The molecule has 0 saturated carbocycles. The van der Waals surface area contributed by atoms with E-state index < -0.39 is 0 Å². The van der Waals surface area contributed by atoms with Gasteiger partial charge in [0.1, 0.15) is 5.82 Å². The lowest BCUT2D eigenvalue weighted by atomic mass is 9.99. The molecule has 0 spiro atoms. The largest absolute Gasteiger partial charge is 0.361 e. The maximum absolute atomic E-state index is 12.7. The number of benzene rings is 3. The topological polar surface area (TPSA) is 62.7 Å². The molecule has 0 fully saturated rings. The van der Waals surface area contributed by atoms with E-state index in [0.717, 1.165) is 52.9 Å². The van der Waals surface area contributed by atoms with Crippen LogP contribution in [-0.2, 0) is 24.2 Å². The van der Waals surface area contributed by atoms with Crippen molar-refractivity contribution >= 4 is 16.8 Å². The number of fused-ring (bicyclic) bond motifs is 2. The highest BCUT2D eigenvalue weighted by Gasteiger charge is 2.21. The smallest absolute Gasteiger partial charge is 0.224 e. The van der Waals surface area contributed by atoms with Gasteiger partial charge in [0.15, 0.2) is 0 Å². The zero-order valence-corrected chi connectivity index (χ0v) is 21.4. The minimum absolute atomic E-state index is 0.0748. The van der Waals surface area contributed by atoms with Crippen LogP contribution in [-0.4, -0.2) is 27.0 Å². The number of imidazole rings is 1. The summed E-state index contributed by atoms with van der Waals surface area (Å²) in [5, 5.41) is 4.29. The normalized spacial score (nSPS) is 15.0. The minimum atomic E-state index is 0.0748.